The van der Waals surface area contributed by atoms with Gasteiger partial charge in [-0.25, -0.2) is 9.67 Å². The molecule has 1 fully saturated rings. The molecule has 0 amide bonds. The van der Waals surface area contributed by atoms with Crippen LogP contribution in [0.5, 0.6) is 0 Å². The predicted molar refractivity (Wildman–Crippen MR) is 89.5 cm³/mol. The van der Waals surface area contributed by atoms with Gasteiger partial charge in [-0.3, -0.25) is 9.78 Å². The minimum absolute atomic E-state index is 0.0645. The quantitative estimate of drug-likeness (QED) is 0.358. The monoisotopic (exact) mass is 371 g/mol. The van der Waals surface area contributed by atoms with Crippen molar-refractivity contribution in [3.63, 3.8) is 0 Å². The summed E-state index contributed by atoms with van der Waals surface area (Å²) in [6.45, 7) is 1.92. The number of hydrogen-bond acceptors (Lipinski definition) is 9. The summed E-state index contributed by atoms with van der Waals surface area (Å²) < 4.78 is 6.73. The van der Waals surface area contributed by atoms with E-state index in [1.807, 2.05) is 6.92 Å². The van der Waals surface area contributed by atoms with Gasteiger partial charge in [-0.15, -0.1) is 5.10 Å². The summed E-state index contributed by atoms with van der Waals surface area (Å²) >= 11 is 1.42. The van der Waals surface area contributed by atoms with Gasteiger partial charge in [-0.1, -0.05) is 23.9 Å². The third-order valence-corrected chi connectivity index (χ3v) is 5.17. The van der Waals surface area contributed by atoms with Gasteiger partial charge in [-0.2, -0.15) is 0 Å². The molecular weight excluding hydrogens is 350 g/mol. The summed E-state index contributed by atoms with van der Waals surface area (Å²) in [4.78, 5) is 19.2. The van der Waals surface area contributed by atoms with Gasteiger partial charge in [0.05, 0.1) is 25.4 Å². The molecule has 0 spiro atoms. The number of thioether (sulfide) groups is 1. The average molecular weight is 371 g/mol. The number of aliphatic hydroxyl groups excluding tert-OH is 3. The number of H-pyrrole nitrogens is 1. The third-order valence-electron chi connectivity index (χ3n) is 4.09. The zero-order valence-corrected chi connectivity index (χ0v) is 14.5. The Morgan fingerprint density at radius 3 is 2.92 bits per heavy atom. The van der Waals surface area contributed by atoms with Crippen LogP contribution in [0, 0.1) is 0 Å². The molecule has 11 heteroatoms. The lowest BCUT2D eigenvalue weighted by Crippen LogP contribution is -2.33. The van der Waals surface area contributed by atoms with Crippen molar-refractivity contribution in [1.29, 1.82) is 0 Å². The Kier molecular flexibility index (Phi) is 5.69. The van der Waals surface area contributed by atoms with Crippen molar-refractivity contribution in [2.75, 3.05) is 19.0 Å². The highest BCUT2D eigenvalue weighted by Gasteiger charge is 2.44. The Hall–Kier alpha value is -1.53. The van der Waals surface area contributed by atoms with Crippen molar-refractivity contribution >= 4 is 22.9 Å². The first-order valence-corrected chi connectivity index (χ1v) is 9.12. The second-order valence-electron chi connectivity index (χ2n) is 5.84. The van der Waals surface area contributed by atoms with Gasteiger partial charge in [0.15, 0.2) is 16.3 Å². The van der Waals surface area contributed by atoms with Crippen LogP contribution >= 0.6 is 11.8 Å². The maximum Gasteiger partial charge on any atom is 0.281 e. The molecule has 0 saturated heterocycles. The van der Waals surface area contributed by atoms with Crippen molar-refractivity contribution in [3.05, 3.63) is 10.4 Å². The summed E-state index contributed by atoms with van der Waals surface area (Å²) in [5, 5.41) is 37.6. The molecule has 2 aromatic rings. The lowest BCUT2D eigenvalue weighted by molar-refractivity contribution is -0.0629. The van der Waals surface area contributed by atoms with E-state index in [1.165, 1.54) is 16.4 Å². The van der Waals surface area contributed by atoms with E-state index in [-0.39, 0.29) is 30.8 Å². The van der Waals surface area contributed by atoms with Crippen molar-refractivity contribution in [1.82, 2.24) is 25.0 Å². The van der Waals surface area contributed by atoms with Crippen LogP contribution in [0.15, 0.2) is 9.95 Å². The maximum atomic E-state index is 12.2. The zero-order valence-electron chi connectivity index (χ0n) is 13.7. The van der Waals surface area contributed by atoms with E-state index < -0.39 is 29.9 Å². The minimum Gasteiger partial charge on any atom is -0.394 e. The molecule has 1 aliphatic carbocycles. The normalized spacial score (nSPS) is 26.6. The van der Waals surface area contributed by atoms with E-state index in [0.717, 1.165) is 12.2 Å². The lowest BCUT2D eigenvalue weighted by Gasteiger charge is -2.17. The highest BCUT2D eigenvalue weighted by Crippen LogP contribution is 2.33. The Morgan fingerprint density at radius 2 is 2.20 bits per heavy atom. The molecular formula is C14H21N5O5S. The average Bonchev–Trinajstić information content (AvgIpc) is 3.14. The fourth-order valence-corrected chi connectivity index (χ4v) is 3.60. The summed E-state index contributed by atoms with van der Waals surface area (Å²) in [5.41, 5.74) is -0.0420. The second-order valence-corrected chi connectivity index (χ2v) is 6.93. The lowest BCUT2D eigenvalue weighted by atomic mass is 10.2. The predicted octanol–water partition coefficient (Wildman–Crippen LogP) is -0.939. The van der Waals surface area contributed by atoms with Crippen LogP contribution in [0.3, 0.4) is 0 Å². The molecule has 0 aromatic carbocycles. The van der Waals surface area contributed by atoms with Crippen LogP contribution < -0.4 is 5.56 Å². The summed E-state index contributed by atoms with van der Waals surface area (Å²) in [5.74, 6) is 0.803. The molecule has 25 heavy (non-hydrogen) atoms. The summed E-state index contributed by atoms with van der Waals surface area (Å²) in [7, 11) is 0. The molecule has 0 radical (unpaired) electrons. The molecule has 138 valence electrons. The largest absolute Gasteiger partial charge is 0.394 e. The van der Waals surface area contributed by atoms with Gasteiger partial charge in [-0.05, 0) is 6.42 Å². The van der Waals surface area contributed by atoms with Crippen molar-refractivity contribution in [2.45, 2.75) is 49.3 Å². The molecule has 0 bridgehead atoms. The second kappa shape index (κ2) is 7.79. The van der Waals surface area contributed by atoms with Crippen LogP contribution in [-0.4, -0.2) is 77.6 Å². The van der Waals surface area contributed by atoms with Gasteiger partial charge < -0.3 is 20.1 Å². The number of aromatic nitrogens is 5. The number of fused-ring (bicyclic) bond motifs is 1. The van der Waals surface area contributed by atoms with E-state index in [0.29, 0.717) is 5.16 Å². The van der Waals surface area contributed by atoms with E-state index in [4.69, 9.17) is 9.84 Å². The van der Waals surface area contributed by atoms with Gasteiger partial charge in [0.1, 0.15) is 12.2 Å². The molecule has 2 heterocycles. The van der Waals surface area contributed by atoms with Gasteiger partial charge >= 0.3 is 0 Å². The Balaban J connectivity index is 1.93. The van der Waals surface area contributed by atoms with Crippen LogP contribution in [0.25, 0.3) is 11.2 Å². The molecule has 1 saturated carbocycles. The van der Waals surface area contributed by atoms with Crippen LogP contribution in [-0.2, 0) is 4.74 Å². The highest BCUT2D eigenvalue weighted by molar-refractivity contribution is 7.99. The molecule has 3 rings (SSSR count). The molecule has 0 aliphatic heterocycles. The van der Waals surface area contributed by atoms with E-state index in [2.05, 4.69) is 20.3 Å². The first kappa shape index (κ1) is 18.3. The SMILES string of the molecule is CCCSc1nc2c(nnn2[C@H]2C[C@@H](OCCO)[C@H](O)[C@@H]2O)c(=O)[nH]1. The summed E-state index contributed by atoms with van der Waals surface area (Å²) in [6.07, 6.45) is -1.69. The van der Waals surface area contributed by atoms with Crippen LogP contribution in [0.4, 0.5) is 0 Å². The number of rotatable bonds is 7. The van der Waals surface area contributed by atoms with E-state index in [1.54, 1.807) is 0 Å². The maximum absolute atomic E-state index is 12.2. The fourth-order valence-electron chi connectivity index (χ4n) is 2.89. The van der Waals surface area contributed by atoms with Crippen LogP contribution in [0.1, 0.15) is 25.8 Å². The molecule has 4 N–H and O–H groups in total. The third kappa shape index (κ3) is 3.55. The Labute approximate surface area is 147 Å². The van der Waals surface area contributed by atoms with Crippen molar-refractivity contribution in [3.8, 4) is 0 Å². The van der Waals surface area contributed by atoms with E-state index >= 15 is 0 Å². The smallest absolute Gasteiger partial charge is 0.281 e. The topological polar surface area (TPSA) is 146 Å². The fraction of sp³-hybridized carbons (Fsp3) is 0.714. The van der Waals surface area contributed by atoms with Crippen molar-refractivity contribution in [2.24, 2.45) is 0 Å². The number of aliphatic hydroxyl groups is 3. The minimum atomic E-state index is -1.14. The highest BCUT2D eigenvalue weighted by atomic mass is 32.2. The zero-order chi connectivity index (χ0) is 18.0. The molecule has 10 nitrogen and oxygen atoms in total. The number of nitrogens with one attached hydrogen (secondary N) is 1. The molecule has 4 atom stereocenters. The van der Waals surface area contributed by atoms with Gasteiger partial charge in [0.25, 0.3) is 5.56 Å². The van der Waals surface area contributed by atoms with Crippen LogP contribution in [0.2, 0.25) is 0 Å². The Bertz CT molecular complexity index is 781. The molecule has 0 unspecified atom stereocenters. The standard InChI is InChI=1S/C14H21N5O5S/c1-2-5-25-14-15-12-9(13(23)16-14)17-18-19(12)7-6-8(24-4-3-20)11(22)10(7)21/h7-8,10-11,20-22H,2-6H2,1H3,(H,15,16,23)/t7-,8+,10+,11-/m0/s1. The van der Waals surface area contributed by atoms with Gasteiger partial charge in [0.2, 0.25) is 0 Å². The number of nitrogens with zero attached hydrogens (tertiary/aromatic N) is 4. The first-order valence-electron chi connectivity index (χ1n) is 8.13. The number of ether oxygens (including phenoxy) is 1. The number of hydrogen-bond donors (Lipinski definition) is 4. The molecule has 1 aliphatic rings. The summed E-state index contributed by atoms with van der Waals surface area (Å²) in [6, 6.07) is -0.623. The van der Waals surface area contributed by atoms with Gasteiger partial charge in [0, 0.05) is 12.2 Å². The first-order chi connectivity index (χ1) is 12.1. The molecule has 2 aromatic heterocycles. The number of aromatic amines is 1. The Morgan fingerprint density at radius 1 is 1.40 bits per heavy atom. The van der Waals surface area contributed by atoms with E-state index in [9.17, 15) is 15.0 Å². The van der Waals surface area contributed by atoms with Crippen molar-refractivity contribution < 1.29 is 20.1 Å².